The van der Waals surface area contributed by atoms with Crippen LogP contribution in [0.3, 0.4) is 0 Å². The van der Waals surface area contributed by atoms with Crippen molar-refractivity contribution in [3.63, 3.8) is 0 Å². The SMILES string of the molecule is NC(CCC(=O)O)c1c2c(c(Cl)c3c1OCC3)OCC2. The Balaban J connectivity index is 2.04. The number of benzene rings is 1. The lowest BCUT2D eigenvalue weighted by atomic mass is 9.92. The lowest BCUT2D eigenvalue weighted by molar-refractivity contribution is -0.137. The summed E-state index contributed by atoms with van der Waals surface area (Å²) < 4.78 is 11.3. The third-order valence-corrected chi connectivity index (χ3v) is 4.22. The van der Waals surface area contributed by atoms with Crippen LogP contribution in [0.5, 0.6) is 11.5 Å². The van der Waals surface area contributed by atoms with E-state index in [0.717, 1.165) is 35.3 Å². The number of carboxylic acids is 1. The van der Waals surface area contributed by atoms with E-state index in [0.29, 0.717) is 30.4 Å². The monoisotopic (exact) mass is 297 g/mol. The second kappa shape index (κ2) is 5.14. The van der Waals surface area contributed by atoms with Gasteiger partial charge in [-0.15, -0.1) is 0 Å². The first-order valence-electron chi connectivity index (χ1n) is 6.69. The molecule has 0 spiro atoms. The molecule has 2 aliphatic rings. The van der Waals surface area contributed by atoms with Crippen LogP contribution in [0, 0.1) is 0 Å². The number of hydrogen-bond acceptors (Lipinski definition) is 4. The van der Waals surface area contributed by atoms with Crippen LogP contribution in [-0.2, 0) is 17.6 Å². The van der Waals surface area contributed by atoms with Crippen LogP contribution in [0.2, 0.25) is 5.02 Å². The number of rotatable bonds is 4. The second-order valence-corrected chi connectivity index (χ2v) is 5.46. The fourth-order valence-corrected chi connectivity index (χ4v) is 3.25. The summed E-state index contributed by atoms with van der Waals surface area (Å²) in [6, 6.07) is -0.370. The molecule has 20 heavy (non-hydrogen) atoms. The molecule has 1 aromatic rings. The van der Waals surface area contributed by atoms with Gasteiger partial charge in [-0.05, 0) is 6.42 Å². The van der Waals surface area contributed by atoms with Gasteiger partial charge in [-0.3, -0.25) is 4.79 Å². The third-order valence-electron chi connectivity index (χ3n) is 3.82. The molecule has 1 atom stereocenters. The maximum absolute atomic E-state index is 10.7. The molecule has 0 amide bonds. The van der Waals surface area contributed by atoms with Crippen molar-refractivity contribution < 1.29 is 19.4 Å². The Morgan fingerprint density at radius 1 is 1.25 bits per heavy atom. The zero-order valence-electron chi connectivity index (χ0n) is 10.9. The lowest BCUT2D eigenvalue weighted by Crippen LogP contribution is -2.15. The number of nitrogens with two attached hydrogens (primary N) is 1. The Morgan fingerprint density at radius 3 is 2.60 bits per heavy atom. The van der Waals surface area contributed by atoms with E-state index in [1.165, 1.54) is 0 Å². The summed E-state index contributed by atoms with van der Waals surface area (Å²) in [5.74, 6) is 0.605. The average molecular weight is 298 g/mol. The van der Waals surface area contributed by atoms with E-state index in [9.17, 15) is 4.79 Å². The normalized spacial score (nSPS) is 17.1. The molecule has 6 heteroatoms. The minimum atomic E-state index is -0.847. The number of fused-ring (bicyclic) bond motifs is 2. The molecule has 3 rings (SSSR count). The Labute approximate surface area is 121 Å². The van der Waals surface area contributed by atoms with E-state index in [4.69, 9.17) is 31.9 Å². The van der Waals surface area contributed by atoms with Crippen molar-refractivity contribution in [2.24, 2.45) is 5.73 Å². The Bertz CT molecular complexity index is 538. The van der Waals surface area contributed by atoms with Crippen molar-refractivity contribution in [2.75, 3.05) is 13.2 Å². The van der Waals surface area contributed by atoms with Crippen LogP contribution in [-0.4, -0.2) is 24.3 Å². The average Bonchev–Trinajstić information content (AvgIpc) is 3.05. The molecule has 0 aliphatic carbocycles. The molecule has 3 N–H and O–H groups in total. The molecular weight excluding hydrogens is 282 g/mol. The molecule has 0 aromatic heterocycles. The largest absolute Gasteiger partial charge is 0.493 e. The number of carbonyl (C=O) groups is 1. The van der Waals surface area contributed by atoms with Gasteiger partial charge in [0.1, 0.15) is 11.5 Å². The van der Waals surface area contributed by atoms with Crippen LogP contribution >= 0.6 is 11.6 Å². The van der Waals surface area contributed by atoms with Crippen molar-refractivity contribution in [3.8, 4) is 11.5 Å². The molecule has 0 fully saturated rings. The summed E-state index contributed by atoms with van der Waals surface area (Å²) in [6.45, 7) is 1.16. The topological polar surface area (TPSA) is 81.8 Å². The predicted molar refractivity (Wildman–Crippen MR) is 73.6 cm³/mol. The van der Waals surface area contributed by atoms with Crippen molar-refractivity contribution >= 4 is 17.6 Å². The highest BCUT2D eigenvalue weighted by Gasteiger charge is 2.32. The first kappa shape index (κ1) is 13.5. The molecule has 2 heterocycles. The highest BCUT2D eigenvalue weighted by Crippen LogP contribution is 2.49. The van der Waals surface area contributed by atoms with Gasteiger partial charge >= 0.3 is 5.97 Å². The molecule has 0 radical (unpaired) electrons. The predicted octanol–water partition coefficient (Wildman–Crippen LogP) is 2.07. The number of aliphatic carboxylic acids is 1. The van der Waals surface area contributed by atoms with Crippen molar-refractivity contribution in [3.05, 3.63) is 21.7 Å². The zero-order valence-corrected chi connectivity index (χ0v) is 11.7. The molecule has 0 saturated heterocycles. The van der Waals surface area contributed by atoms with Crippen LogP contribution < -0.4 is 15.2 Å². The summed E-state index contributed by atoms with van der Waals surface area (Å²) in [6.07, 6.45) is 1.89. The van der Waals surface area contributed by atoms with Gasteiger partial charge in [-0.1, -0.05) is 11.6 Å². The van der Waals surface area contributed by atoms with Crippen LogP contribution in [0.4, 0.5) is 0 Å². The van der Waals surface area contributed by atoms with Crippen molar-refractivity contribution in [2.45, 2.75) is 31.7 Å². The highest BCUT2D eigenvalue weighted by molar-refractivity contribution is 6.33. The zero-order chi connectivity index (χ0) is 14.3. The van der Waals surface area contributed by atoms with Crippen LogP contribution in [0.25, 0.3) is 0 Å². The third kappa shape index (κ3) is 2.11. The Kier molecular flexibility index (Phi) is 3.48. The smallest absolute Gasteiger partial charge is 0.303 e. The van der Waals surface area contributed by atoms with Gasteiger partial charge < -0.3 is 20.3 Å². The summed E-state index contributed by atoms with van der Waals surface area (Å²) in [7, 11) is 0. The van der Waals surface area contributed by atoms with E-state index in [1.54, 1.807) is 0 Å². The van der Waals surface area contributed by atoms with E-state index >= 15 is 0 Å². The maximum atomic E-state index is 10.7. The first-order chi connectivity index (χ1) is 9.59. The standard InChI is InChI=1S/C14H16ClNO4/c15-12-8-4-6-19-13(8)11(7-3-5-20-14(7)12)9(16)1-2-10(17)18/h9H,1-6,16H2,(H,17,18). The van der Waals surface area contributed by atoms with Gasteiger partial charge in [0, 0.05) is 42.0 Å². The fourth-order valence-electron chi connectivity index (χ4n) is 2.90. The molecular formula is C14H16ClNO4. The van der Waals surface area contributed by atoms with Crippen molar-refractivity contribution in [1.82, 2.24) is 0 Å². The summed E-state index contributed by atoms with van der Waals surface area (Å²) >= 11 is 6.36. The highest BCUT2D eigenvalue weighted by atomic mass is 35.5. The van der Waals surface area contributed by atoms with Gasteiger partial charge in [0.2, 0.25) is 0 Å². The lowest BCUT2D eigenvalue weighted by Gasteiger charge is -2.19. The number of hydrogen-bond donors (Lipinski definition) is 2. The summed E-state index contributed by atoms with van der Waals surface area (Å²) in [5.41, 5.74) is 9.00. The minimum Gasteiger partial charge on any atom is -0.493 e. The molecule has 108 valence electrons. The molecule has 5 nitrogen and oxygen atoms in total. The maximum Gasteiger partial charge on any atom is 0.303 e. The van der Waals surface area contributed by atoms with Crippen LogP contribution in [0.15, 0.2) is 0 Å². The number of ether oxygens (including phenoxy) is 2. The molecule has 0 saturated carbocycles. The molecule has 2 aliphatic heterocycles. The summed E-state index contributed by atoms with van der Waals surface area (Å²) in [4.78, 5) is 10.7. The van der Waals surface area contributed by atoms with Gasteiger partial charge in [0.05, 0.1) is 18.2 Å². The van der Waals surface area contributed by atoms with E-state index in [2.05, 4.69) is 0 Å². The van der Waals surface area contributed by atoms with Gasteiger partial charge in [-0.25, -0.2) is 0 Å². The fraction of sp³-hybridized carbons (Fsp3) is 0.500. The van der Waals surface area contributed by atoms with E-state index < -0.39 is 5.97 Å². The van der Waals surface area contributed by atoms with Crippen molar-refractivity contribution in [1.29, 1.82) is 0 Å². The molecule has 0 bridgehead atoms. The number of halogens is 1. The molecule has 1 unspecified atom stereocenters. The van der Waals surface area contributed by atoms with Gasteiger partial charge in [0.25, 0.3) is 0 Å². The Morgan fingerprint density at radius 2 is 1.90 bits per heavy atom. The van der Waals surface area contributed by atoms with Gasteiger partial charge in [0.15, 0.2) is 0 Å². The second-order valence-electron chi connectivity index (χ2n) is 5.08. The van der Waals surface area contributed by atoms with Gasteiger partial charge in [-0.2, -0.15) is 0 Å². The van der Waals surface area contributed by atoms with Crippen LogP contribution in [0.1, 0.15) is 35.6 Å². The quantitative estimate of drug-likeness (QED) is 0.889. The summed E-state index contributed by atoms with van der Waals surface area (Å²) in [5, 5.41) is 9.43. The van der Waals surface area contributed by atoms with E-state index in [1.807, 2.05) is 0 Å². The van der Waals surface area contributed by atoms with E-state index in [-0.39, 0.29) is 12.5 Å². The minimum absolute atomic E-state index is 0.0359. The number of carboxylic acid groups (broad SMARTS) is 1. The molecule has 1 aromatic carbocycles. The Hall–Kier alpha value is -1.46. The first-order valence-corrected chi connectivity index (χ1v) is 7.07.